The van der Waals surface area contributed by atoms with Gasteiger partial charge in [0.1, 0.15) is 11.5 Å². The zero-order valence-electron chi connectivity index (χ0n) is 14.5. The van der Waals surface area contributed by atoms with Gasteiger partial charge in [0.15, 0.2) is 9.84 Å². The fourth-order valence-corrected chi connectivity index (χ4v) is 3.67. The Balaban J connectivity index is 1.64. The summed E-state index contributed by atoms with van der Waals surface area (Å²) < 4.78 is 28.9. The Morgan fingerprint density at radius 2 is 1.85 bits per heavy atom. The van der Waals surface area contributed by atoms with Gasteiger partial charge in [-0.1, -0.05) is 6.07 Å². The van der Waals surface area contributed by atoms with Gasteiger partial charge in [-0.25, -0.2) is 8.42 Å². The van der Waals surface area contributed by atoms with E-state index < -0.39 is 9.84 Å². The second-order valence-electron chi connectivity index (χ2n) is 6.63. The number of nitrogens with two attached hydrogens (primary N) is 1. The Morgan fingerprint density at radius 1 is 1.12 bits per heavy atom. The van der Waals surface area contributed by atoms with Gasteiger partial charge < -0.3 is 15.8 Å². The average molecular weight is 374 g/mol. The minimum Gasteiger partial charge on any atom is -0.457 e. The quantitative estimate of drug-likeness (QED) is 0.838. The first-order valence-corrected chi connectivity index (χ1v) is 10.3. The van der Waals surface area contributed by atoms with Crippen molar-refractivity contribution in [1.82, 2.24) is 0 Å². The van der Waals surface area contributed by atoms with E-state index in [1.165, 1.54) is 12.1 Å². The Labute approximate surface area is 153 Å². The molecule has 0 aliphatic heterocycles. The number of amides is 1. The van der Waals surface area contributed by atoms with Crippen molar-refractivity contribution in [2.75, 3.05) is 11.6 Å². The minimum absolute atomic E-state index is 0.00697. The van der Waals surface area contributed by atoms with Gasteiger partial charge in [0.2, 0.25) is 5.91 Å². The van der Waals surface area contributed by atoms with Crippen LogP contribution in [0, 0.1) is 5.92 Å². The second-order valence-corrected chi connectivity index (χ2v) is 8.65. The first-order valence-electron chi connectivity index (χ1n) is 8.46. The van der Waals surface area contributed by atoms with Gasteiger partial charge in [-0.15, -0.1) is 0 Å². The maximum Gasteiger partial charge on any atom is 0.227 e. The summed E-state index contributed by atoms with van der Waals surface area (Å²) in [5.41, 5.74) is 6.54. The van der Waals surface area contributed by atoms with E-state index in [0.29, 0.717) is 17.2 Å². The average Bonchev–Trinajstić information content (AvgIpc) is 3.03. The van der Waals surface area contributed by atoms with Crippen LogP contribution < -0.4 is 15.8 Å². The van der Waals surface area contributed by atoms with Crippen molar-refractivity contribution in [3.8, 4) is 11.5 Å². The molecule has 0 heterocycles. The first kappa shape index (κ1) is 18.4. The number of carbonyl (C=O) groups is 1. The van der Waals surface area contributed by atoms with Gasteiger partial charge in [0.25, 0.3) is 0 Å². The molecule has 2 atom stereocenters. The molecular weight excluding hydrogens is 352 g/mol. The molecule has 3 N–H and O–H groups in total. The molecule has 2 unspecified atom stereocenters. The number of rotatable bonds is 5. The largest absolute Gasteiger partial charge is 0.457 e. The zero-order chi connectivity index (χ0) is 18.7. The summed E-state index contributed by atoms with van der Waals surface area (Å²) in [6.07, 6.45) is 3.59. The van der Waals surface area contributed by atoms with Crippen molar-refractivity contribution < 1.29 is 17.9 Å². The second kappa shape index (κ2) is 7.47. The van der Waals surface area contributed by atoms with Crippen molar-refractivity contribution in [3.63, 3.8) is 0 Å². The third-order valence-electron chi connectivity index (χ3n) is 4.44. The van der Waals surface area contributed by atoms with Gasteiger partial charge in [-0.05, 0) is 61.7 Å². The van der Waals surface area contributed by atoms with E-state index in [1.807, 2.05) is 0 Å². The predicted octanol–water partition coefficient (Wildman–Crippen LogP) is 2.95. The molecule has 7 heteroatoms. The zero-order valence-corrected chi connectivity index (χ0v) is 15.3. The van der Waals surface area contributed by atoms with Gasteiger partial charge in [0.05, 0.1) is 4.90 Å². The molecular formula is C19H22N2O4S. The van der Waals surface area contributed by atoms with Crippen LogP contribution in [-0.4, -0.2) is 26.6 Å². The highest BCUT2D eigenvalue weighted by atomic mass is 32.2. The summed E-state index contributed by atoms with van der Waals surface area (Å²) in [5.74, 6) is 0.952. The summed E-state index contributed by atoms with van der Waals surface area (Å²) in [6.45, 7) is 0. The summed E-state index contributed by atoms with van der Waals surface area (Å²) in [7, 11) is -3.29. The molecule has 0 radical (unpaired) electrons. The molecule has 0 bridgehead atoms. The van der Waals surface area contributed by atoms with E-state index in [2.05, 4.69) is 5.32 Å². The molecule has 1 saturated carbocycles. The highest BCUT2D eigenvalue weighted by molar-refractivity contribution is 7.90. The molecule has 1 amide bonds. The first-order chi connectivity index (χ1) is 12.3. The van der Waals surface area contributed by atoms with Crippen LogP contribution in [0.5, 0.6) is 11.5 Å². The van der Waals surface area contributed by atoms with Crippen molar-refractivity contribution in [3.05, 3.63) is 48.5 Å². The monoisotopic (exact) mass is 374 g/mol. The van der Waals surface area contributed by atoms with Crippen LogP contribution in [0.25, 0.3) is 0 Å². The number of anilines is 1. The fourth-order valence-electron chi connectivity index (χ4n) is 3.01. The van der Waals surface area contributed by atoms with Gasteiger partial charge in [-0.2, -0.15) is 0 Å². The van der Waals surface area contributed by atoms with E-state index >= 15 is 0 Å². The number of sulfone groups is 1. The third-order valence-corrected chi connectivity index (χ3v) is 5.55. The van der Waals surface area contributed by atoms with Crippen LogP contribution in [-0.2, 0) is 14.6 Å². The number of carbonyl (C=O) groups excluding carboxylic acids is 1. The lowest BCUT2D eigenvalue weighted by Crippen LogP contribution is -2.23. The van der Waals surface area contributed by atoms with E-state index in [-0.39, 0.29) is 22.8 Å². The summed E-state index contributed by atoms with van der Waals surface area (Å²) in [4.78, 5) is 12.4. The van der Waals surface area contributed by atoms with Gasteiger partial charge in [-0.3, -0.25) is 4.79 Å². The van der Waals surface area contributed by atoms with Crippen molar-refractivity contribution in [2.24, 2.45) is 11.7 Å². The molecule has 0 aromatic heterocycles. The number of ether oxygens (including phenoxy) is 1. The molecule has 138 valence electrons. The predicted molar refractivity (Wildman–Crippen MR) is 100 cm³/mol. The summed E-state index contributed by atoms with van der Waals surface area (Å²) in [6, 6.07) is 13.4. The summed E-state index contributed by atoms with van der Waals surface area (Å²) >= 11 is 0. The van der Waals surface area contributed by atoms with Crippen LogP contribution in [0.3, 0.4) is 0 Å². The molecule has 1 aliphatic carbocycles. The number of hydrogen-bond donors (Lipinski definition) is 2. The van der Waals surface area contributed by atoms with Crippen LogP contribution >= 0.6 is 0 Å². The number of benzene rings is 2. The SMILES string of the molecule is CS(=O)(=O)c1cccc(Oc2ccc(NC(=O)C3CCC(N)C3)cc2)c1. The van der Waals surface area contributed by atoms with Crippen LogP contribution in [0.1, 0.15) is 19.3 Å². The van der Waals surface area contributed by atoms with Gasteiger partial charge >= 0.3 is 0 Å². The highest BCUT2D eigenvalue weighted by Gasteiger charge is 2.27. The molecule has 2 aromatic carbocycles. The molecule has 0 spiro atoms. The van der Waals surface area contributed by atoms with Crippen molar-refractivity contribution in [1.29, 1.82) is 0 Å². The fraction of sp³-hybridized carbons (Fsp3) is 0.316. The Bertz CT molecular complexity index is 894. The van der Waals surface area contributed by atoms with Crippen LogP contribution in [0.2, 0.25) is 0 Å². The maximum absolute atomic E-state index is 12.2. The minimum atomic E-state index is -3.29. The normalized spacial score (nSPS) is 19.9. The lowest BCUT2D eigenvalue weighted by atomic mass is 10.1. The smallest absolute Gasteiger partial charge is 0.227 e. The number of nitrogens with one attached hydrogen (secondary N) is 1. The van der Waals surface area contributed by atoms with Crippen LogP contribution in [0.4, 0.5) is 5.69 Å². The molecule has 1 aliphatic rings. The third kappa shape index (κ3) is 4.62. The molecule has 1 fully saturated rings. The lowest BCUT2D eigenvalue weighted by Gasteiger charge is -2.12. The Kier molecular flexibility index (Phi) is 5.29. The van der Waals surface area contributed by atoms with Crippen molar-refractivity contribution in [2.45, 2.75) is 30.2 Å². The molecule has 0 saturated heterocycles. The van der Waals surface area contributed by atoms with Gasteiger partial charge in [0, 0.05) is 23.9 Å². The molecule has 3 rings (SSSR count). The topological polar surface area (TPSA) is 98.5 Å². The number of hydrogen-bond acceptors (Lipinski definition) is 5. The Hall–Kier alpha value is -2.38. The highest BCUT2D eigenvalue weighted by Crippen LogP contribution is 2.27. The van der Waals surface area contributed by atoms with E-state index in [4.69, 9.17) is 10.5 Å². The standard InChI is InChI=1S/C19H22N2O4S/c1-26(23,24)18-4-2-3-17(12-18)25-16-9-7-15(8-10-16)21-19(22)13-5-6-14(20)11-13/h2-4,7-10,12-14H,5-6,11,20H2,1H3,(H,21,22). The van der Waals surface area contributed by atoms with E-state index in [1.54, 1.807) is 36.4 Å². The molecule has 6 nitrogen and oxygen atoms in total. The molecule has 26 heavy (non-hydrogen) atoms. The molecule has 2 aromatic rings. The summed E-state index contributed by atoms with van der Waals surface area (Å²) in [5, 5.41) is 2.90. The van der Waals surface area contributed by atoms with Crippen LogP contribution in [0.15, 0.2) is 53.4 Å². The van der Waals surface area contributed by atoms with E-state index in [9.17, 15) is 13.2 Å². The Morgan fingerprint density at radius 3 is 2.46 bits per heavy atom. The van der Waals surface area contributed by atoms with E-state index in [0.717, 1.165) is 25.5 Å². The maximum atomic E-state index is 12.2. The lowest BCUT2D eigenvalue weighted by molar-refractivity contribution is -0.119. The van der Waals surface area contributed by atoms with Crippen molar-refractivity contribution >= 4 is 21.4 Å².